The smallest absolute Gasteiger partial charge is 0.305 e. The Hall–Kier alpha value is -0.320. The van der Waals surface area contributed by atoms with Crippen molar-refractivity contribution in [3.63, 3.8) is 0 Å². The van der Waals surface area contributed by atoms with Crippen molar-refractivity contribution in [3.05, 3.63) is 0 Å². The number of carbonyl (C=O) groups excluding carboxylic acids is 1. The van der Waals surface area contributed by atoms with Crippen LogP contribution in [0.5, 0.6) is 0 Å². The average Bonchev–Trinajstić information content (AvgIpc) is 2.19. The SMILES string of the molecule is CCC(=O)OCCC1CNCCN1.Cl. The molecular formula is C9H19ClN2O2. The molecule has 1 aliphatic rings. The highest BCUT2D eigenvalue weighted by molar-refractivity contribution is 5.85. The molecule has 1 heterocycles. The summed E-state index contributed by atoms with van der Waals surface area (Å²) in [6, 6.07) is 0.457. The van der Waals surface area contributed by atoms with Crippen LogP contribution in [0, 0.1) is 0 Å². The third-order valence-electron chi connectivity index (χ3n) is 2.14. The van der Waals surface area contributed by atoms with Gasteiger partial charge in [0.1, 0.15) is 0 Å². The molecule has 0 aromatic heterocycles. The average molecular weight is 223 g/mol. The fourth-order valence-electron chi connectivity index (χ4n) is 1.33. The third kappa shape index (κ3) is 5.42. The van der Waals surface area contributed by atoms with Gasteiger partial charge >= 0.3 is 5.97 Å². The zero-order chi connectivity index (χ0) is 9.52. The summed E-state index contributed by atoms with van der Waals surface area (Å²) >= 11 is 0. The fraction of sp³-hybridized carbons (Fsp3) is 0.889. The summed E-state index contributed by atoms with van der Waals surface area (Å²) in [6.07, 6.45) is 1.37. The highest BCUT2D eigenvalue weighted by Gasteiger charge is 2.11. The molecule has 1 fully saturated rings. The monoisotopic (exact) mass is 222 g/mol. The van der Waals surface area contributed by atoms with E-state index in [9.17, 15) is 4.79 Å². The Kier molecular flexibility index (Phi) is 7.84. The van der Waals surface area contributed by atoms with Gasteiger partial charge in [0.25, 0.3) is 0 Å². The van der Waals surface area contributed by atoms with E-state index in [4.69, 9.17) is 4.74 Å². The van der Waals surface area contributed by atoms with Gasteiger partial charge < -0.3 is 15.4 Å². The molecule has 0 radical (unpaired) electrons. The predicted octanol–water partition coefficient (Wildman–Crippen LogP) is 0.313. The minimum atomic E-state index is -0.108. The molecule has 4 nitrogen and oxygen atoms in total. The van der Waals surface area contributed by atoms with Gasteiger partial charge in [0.2, 0.25) is 0 Å². The first-order chi connectivity index (χ1) is 6.33. The molecule has 1 unspecified atom stereocenters. The lowest BCUT2D eigenvalue weighted by molar-refractivity contribution is -0.143. The number of ether oxygens (including phenoxy) is 1. The van der Waals surface area contributed by atoms with Crippen molar-refractivity contribution in [2.75, 3.05) is 26.2 Å². The topological polar surface area (TPSA) is 50.4 Å². The summed E-state index contributed by atoms with van der Waals surface area (Å²) in [7, 11) is 0. The normalized spacial score (nSPS) is 21.1. The van der Waals surface area contributed by atoms with Crippen molar-refractivity contribution in [2.24, 2.45) is 0 Å². The van der Waals surface area contributed by atoms with Gasteiger partial charge in [-0.3, -0.25) is 4.79 Å². The minimum absolute atomic E-state index is 0. The van der Waals surface area contributed by atoms with Crippen molar-refractivity contribution >= 4 is 18.4 Å². The Morgan fingerprint density at radius 2 is 2.29 bits per heavy atom. The lowest BCUT2D eigenvalue weighted by Crippen LogP contribution is -2.48. The molecule has 1 atom stereocenters. The summed E-state index contributed by atoms with van der Waals surface area (Å²) in [5, 5.41) is 6.64. The largest absolute Gasteiger partial charge is 0.466 e. The summed E-state index contributed by atoms with van der Waals surface area (Å²) in [6.45, 7) is 5.36. The van der Waals surface area contributed by atoms with Crippen LogP contribution in [0.2, 0.25) is 0 Å². The molecule has 0 aliphatic carbocycles. The number of rotatable bonds is 4. The van der Waals surface area contributed by atoms with E-state index in [1.165, 1.54) is 0 Å². The lowest BCUT2D eigenvalue weighted by Gasteiger charge is -2.24. The van der Waals surface area contributed by atoms with Gasteiger partial charge in [0, 0.05) is 32.1 Å². The number of esters is 1. The molecule has 0 spiro atoms. The second kappa shape index (κ2) is 8.03. The molecular weight excluding hydrogens is 204 g/mol. The number of hydrogen-bond acceptors (Lipinski definition) is 4. The summed E-state index contributed by atoms with van der Waals surface area (Å²) < 4.78 is 4.99. The summed E-state index contributed by atoms with van der Waals surface area (Å²) in [5.41, 5.74) is 0. The number of halogens is 1. The van der Waals surface area contributed by atoms with Crippen LogP contribution in [-0.4, -0.2) is 38.3 Å². The van der Waals surface area contributed by atoms with E-state index < -0.39 is 0 Å². The lowest BCUT2D eigenvalue weighted by atomic mass is 10.2. The van der Waals surface area contributed by atoms with Crippen molar-refractivity contribution in [2.45, 2.75) is 25.8 Å². The van der Waals surface area contributed by atoms with Crippen molar-refractivity contribution in [1.29, 1.82) is 0 Å². The van der Waals surface area contributed by atoms with E-state index in [0.29, 0.717) is 19.1 Å². The fourth-order valence-corrected chi connectivity index (χ4v) is 1.33. The van der Waals surface area contributed by atoms with Crippen LogP contribution in [0.1, 0.15) is 19.8 Å². The van der Waals surface area contributed by atoms with Crippen LogP contribution in [0.3, 0.4) is 0 Å². The number of nitrogens with one attached hydrogen (secondary N) is 2. The molecule has 1 saturated heterocycles. The maximum absolute atomic E-state index is 10.8. The Bertz CT molecular complexity index is 161. The Morgan fingerprint density at radius 3 is 2.86 bits per heavy atom. The molecule has 0 aromatic carbocycles. The summed E-state index contributed by atoms with van der Waals surface area (Å²) in [4.78, 5) is 10.8. The molecule has 0 bridgehead atoms. The van der Waals surface area contributed by atoms with Gasteiger partial charge in [0.15, 0.2) is 0 Å². The van der Waals surface area contributed by atoms with Gasteiger partial charge in [-0.1, -0.05) is 6.92 Å². The van der Waals surface area contributed by atoms with E-state index in [2.05, 4.69) is 10.6 Å². The molecule has 0 aromatic rings. The molecule has 14 heavy (non-hydrogen) atoms. The van der Waals surface area contributed by atoms with Gasteiger partial charge in [-0.2, -0.15) is 0 Å². The van der Waals surface area contributed by atoms with Gasteiger partial charge in [0.05, 0.1) is 6.61 Å². The molecule has 5 heteroatoms. The maximum Gasteiger partial charge on any atom is 0.305 e. The van der Waals surface area contributed by atoms with Crippen LogP contribution in [-0.2, 0) is 9.53 Å². The molecule has 0 amide bonds. The van der Waals surface area contributed by atoms with Crippen molar-refractivity contribution in [3.8, 4) is 0 Å². The molecule has 84 valence electrons. The molecule has 1 aliphatic heterocycles. The predicted molar refractivity (Wildman–Crippen MR) is 57.8 cm³/mol. The molecule has 0 saturated carbocycles. The van der Waals surface area contributed by atoms with Crippen LogP contribution in [0.25, 0.3) is 0 Å². The van der Waals surface area contributed by atoms with Crippen LogP contribution < -0.4 is 10.6 Å². The summed E-state index contributed by atoms with van der Waals surface area (Å²) in [5.74, 6) is -0.108. The standard InChI is InChI=1S/C9H18N2O2.ClH/c1-2-9(12)13-6-3-8-7-10-4-5-11-8;/h8,10-11H,2-7H2,1H3;1H. The Morgan fingerprint density at radius 1 is 1.50 bits per heavy atom. The second-order valence-corrected chi connectivity index (χ2v) is 3.22. The van der Waals surface area contributed by atoms with Gasteiger partial charge in [-0.05, 0) is 6.42 Å². The first-order valence-corrected chi connectivity index (χ1v) is 4.92. The zero-order valence-electron chi connectivity index (χ0n) is 8.54. The van der Waals surface area contributed by atoms with E-state index >= 15 is 0 Å². The number of hydrogen-bond donors (Lipinski definition) is 2. The van der Waals surface area contributed by atoms with Gasteiger partial charge in [-0.25, -0.2) is 0 Å². The van der Waals surface area contributed by atoms with Crippen molar-refractivity contribution in [1.82, 2.24) is 10.6 Å². The molecule has 1 rings (SSSR count). The number of piperazine rings is 1. The van der Waals surface area contributed by atoms with E-state index in [0.717, 1.165) is 26.1 Å². The first kappa shape index (κ1) is 13.7. The third-order valence-corrected chi connectivity index (χ3v) is 2.14. The highest BCUT2D eigenvalue weighted by atomic mass is 35.5. The second-order valence-electron chi connectivity index (χ2n) is 3.22. The van der Waals surface area contributed by atoms with E-state index in [1.54, 1.807) is 0 Å². The Balaban J connectivity index is 0.00000169. The minimum Gasteiger partial charge on any atom is -0.466 e. The number of carbonyl (C=O) groups is 1. The maximum atomic E-state index is 10.8. The first-order valence-electron chi connectivity index (χ1n) is 4.92. The van der Waals surface area contributed by atoms with Crippen LogP contribution in [0.4, 0.5) is 0 Å². The van der Waals surface area contributed by atoms with Gasteiger partial charge in [-0.15, -0.1) is 12.4 Å². The Labute approximate surface area is 91.2 Å². The zero-order valence-corrected chi connectivity index (χ0v) is 9.36. The van der Waals surface area contributed by atoms with E-state index in [1.807, 2.05) is 6.92 Å². The quantitative estimate of drug-likeness (QED) is 0.673. The highest BCUT2D eigenvalue weighted by Crippen LogP contribution is 1.95. The van der Waals surface area contributed by atoms with E-state index in [-0.39, 0.29) is 18.4 Å². The van der Waals surface area contributed by atoms with Crippen LogP contribution >= 0.6 is 12.4 Å². The van der Waals surface area contributed by atoms with Crippen LogP contribution in [0.15, 0.2) is 0 Å². The van der Waals surface area contributed by atoms with Crippen molar-refractivity contribution < 1.29 is 9.53 Å². The molecule has 2 N–H and O–H groups in total.